The third-order valence-electron chi connectivity index (χ3n) is 3.31. The third kappa shape index (κ3) is 4.37. The minimum absolute atomic E-state index is 0.00900. The molecule has 1 saturated heterocycles. The highest BCUT2D eigenvalue weighted by molar-refractivity contribution is 5.78. The van der Waals surface area contributed by atoms with Gasteiger partial charge in [0.05, 0.1) is 6.61 Å². The summed E-state index contributed by atoms with van der Waals surface area (Å²) in [6.07, 6.45) is 0.818. The number of hydrogen-bond acceptors (Lipinski definition) is 4. The quantitative estimate of drug-likeness (QED) is 0.727. The maximum atomic E-state index is 12.0. The van der Waals surface area contributed by atoms with Crippen LogP contribution < -0.4 is 9.47 Å². The largest absolute Gasteiger partial charge is 0.494 e. The molecule has 1 fully saturated rings. The van der Waals surface area contributed by atoms with Crippen LogP contribution in [0.1, 0.15) is 6.92 Å². The van der Waals surface area contributed by atoms with Crippen LogP contribution in [-0.4, -0.2) is 61.5 Å². The predicted octanol–water partition coefficient (Wildman–Crippen LogP) is 0.765. The van der Waals surface area contributed by atoms with Crippen molar-refractivity contribution in [3.05, 3.63) is 24.3 Å². The Labute approximate surface area is 124 Å². The van der Waals surface area contributed by atoms with Gasteiger partial charge in [-0.1, -0.05) is 0 Å². The number of amides is 2. The molecule has 0 saturated carbocycles. The number of rotatable bonds is 6. The van der Waals surface area contributed by atoms with Gasteiger partial charge in [-0.05, 0) is 31.2 Å². The highest BCUT2D eigenvalue weighted by Crippen LogP contribution is 2.17. The molecular formula is C15H20N2O4. The van der Waals surface area contributed by atoms with Crippen molar-refractivity contribution >= 4 is 12.3 Å². The third-order valence-corrected chi connectivity index (χ3v) is 3.31. The van der Waals surface area contributed by atoms with Crippen LogP contribution in [0, 0.1) is 0 Å². The fourth-order valence-electron chi connectivity index (χ4n) is 2.11. The van der Waals surface area contributed by atoms with E-state index >= 15 is 0 Å². The SMILES string of the molecule is CCOc1ccc(OCC(=O)N2CCN(C=O)CC2)cc1. The first-order chi connectivity index (χ1) is 10.2. The molecule has 0 radical (unpaired) electrons. The monoisotopic (exact) mass is 292 g/mol. The van der Waals surface area contributed by atoms with Crippen molar-refractivity contribution in [2.45, 2.75) is 6.92 Å². The second-order valence-corrected chi connectivity index (χ2v) is 4.72. The van der Waals surface area contributed by atoms with Crippen LogP contribution in [0.4, 0.5) is 0 Å². The number of piperazine rings is 1. The number of benzene rings is 1. The van der Waals surface area contributed by atoms with Gasteiger partial charge < -0.3 is 19.3 Å². The summed E-state index contributed by atoms with van der Waals surface area (Å²) >= 11 is 0. The molecule has 1 aliphatic heterocycles. The van der Waals surface area contributed by atoms with Crippen molar-refractivity contribution in [2.24, 2.45) is 0 Å². The first-order valence-electron chi connectivity index (χ1n) is 7.05. The molecule has 1 aromatic rings. The molecule has 2 rings (SSSR count). The van der Waals surface area contributed by atoms with Gasteiger partial charge in [0, 0.05) is 26.2 Å². The van der Waals surface area contributed by atoms with E-state index in [1.807, 2.05) is 19.1 Å². The molecule has 0 spiro atoms. The average molecular weight is 292 g/mol. The fourth-order valence-corrected chi connectivity index (χ4v) is 2.11. The van der Waals surface area contributed by atoms with E-state index in [9.17, 15) is 9.59 Å². The standard InChI is InChI=1S/C15H20N2O4/c1-2-20-13-3-5-14(6-4-13)21-11-15(19)17-9-7-16(12-18)8-10-17/h3-6,12H,2,7-11H2,1H3. The van der Waals surface area contributed by atoms with Crippen molar-refractivity contribution in [3.8, 4) is 11.5 Å². The number of carbonyl (C=O) groups is 2. The maximum Gasteiger partial charge on any atom is 0.260 e. The van der Waals surface area contributed by atoms with Crippen molar-refractivity contribution < 1.29 is 19.1 Å². The highest BCUT2D eigenvalue weighted by Gasteiger charge is 2.20. The Kier molecular flexibility index (Phi) is 5.43. The van der Waals surface area contributed by atoms with Gasteiger partial charge in [-0.2, -0.15) is 0 Å². The van der Waals surface area contributed by atoms with Gasteiger partial charge in [0.15, 0.2) is 6.61 Å². The number of carbonyl (C=O) groups excluding carboxylic acids is 2. The Morgan fingerprint density at radius 3 is 2.19 bits per heavy atom. The molecule has 6 heteroatoms. The molecule has 0 atom stereocenters. The normalized spacial score (nSPS) is 14.7. The topological polar surface area (TPSA) is 59.1 Å². The summed E-state index contributed by atoms with van der Waals surface area (Å²) in [5.74, 6) is 1.36. The average Bonchev–Trinajstić information content (AvgIpc) is 2.54. The van der Waals surface area contributed by atoms with E-state index in [0.717, 1.165) is 12.2 Å². The van der Waals surface area contributed by atoms with Crippen LogP contribution in [0.2, 0.25) is 0 Å². The summed E-state index contributed by atoms with van der Waals surface area (Å²) in [5.41, 5.74) is 0. The lowest BCUT2D eigenvalue weighted by Gasteiger charge is -2.32. The maximum absolute atomic E-state index is 12.0. The number of hydrogen-bond donors (Lipinski definition) is 0. The molecule has 21 heavy (non-hydrogen) atoms. The number of nitrogens with zero attached hydrogens (tertiary/aromatic N) is 2. The lowest BCUT2D eigenvalue weighted by Crippen LogP contribution is -2.49. The van der Waals surface area contributed by atoms with Gasteiger partial charge in [0.2, 0.25) is 6.41 Å². The van der Waals surface area contributed by atoms with Crippen LogP contribution in [0.3, 0.4) is 0 Å². The Balaban J connectivity index is 1.77. The van der Waals surface area contributed by atoms with Gasteiger partial charge in [-0.25, -0.2) is 0 Å². The Morgan fingerprint density at radius 2 is 1.67 bits per heavy atom. The highest BCUT2D eigenvalue weighted by atomic mass is 16.5. The van der Waals surface area contributed by atoms with E-state index in [-0.39, 0.29) is 12.5 Å². The predicted molar refractivity (Wildman–Crippen MR) is 77.3 cm³/mol. The first-order valence-corrected chi connectivity index (χ1v) is 7.05. The van der Waals surface area contributed by atoms with Crippen molar-refractivity contribution in [2.75, 3.05) is 39.4 Å². The van der Waals surface area contributed by atoms with Crippen LogP contribution >= 0.6 is 0 Å². The zero-order valence-corrected chi connectivity index (χ0v) is 12.2. The van der Waals surface area contributed by atoms with Gasteiger partial charge >= 0.3 is 0 Å². The van der Waals surface area contributed by atoms with Crippen molar-refractivity contribution in [1.82, 2.24) is 9.80 Å². The molecular weight excluding hydrogens is 272 g/mol. The van der Waals surface area contributed by atoms with Gasteiger partial charge in [0.1, 0.15) is 11.5 Å². The summed E-state index contributed by atoms with van der Waals surface area (Å²) in [7, 11) is 0. The van der Waals surface area contributed by atoms with E-state index in [4.69, 9.17) is 9.47 Å². The lowest BCUT2D eigenvalue weighted by atomic mass is 10.3. The molecule has 1 aliphatic rings. The summed E-state index contributed by atoms with van der Waals surface area (Å²) in [4.78, 5) is 26.0. The van der Waals surface area contributed by atoms with E-state index < -0.39 is 0 Å². The smallest absolute Gasteiger partial charge is 0.260 e. The van der Waals surface area contributed by atoms with Crippen molar-refractivity contribution in [1.29, 1.82) is 0 Å². The van der Waals surface area contributed by atoms with Crippen LogP contribution in [0.5, 0.6) is 11.5 Å². The number of ether oxygens (including phenoxy) is 2. The first kappa shape index (κ1) is 15.2. The molecule has 6 nitrogen and oxygen atoms in total. The van der Waals surface area contributed by atoms with E-state index in [1.54, 1.807) is 21.9 Å². The Hall–Kier alpha value is -2.24. The molecule has 1 aromatic carbocycles. The second kappa shape index (κ2) is 7.52. The minimum atomic E-state index is -0.0607. The van der Waals surface area contributed by atoms with Crippen LogP contribution in [0.15, 0.2) is 24.3 Å². The molecule has 0 unspecified atom stereocenters. The van der Waals surface area contributed by atoms with Gasteiger partial charge in [-0.15, -0.1) is 0 Å². The van der Waals surface area contributed by atoms with Crippen LogP contribution in [-0.2, 0) is 9.59 Å². The van der Waals surface area contributed by atoms with E-state index in [1.165, 1.54) is 0 Å². The Bertz CT molecular complexity index is 467. The molecule has 0 aromatic heterocycles. The second-order valence-electron chi connectivity index (χ2n) is 4.72. The zero-order valence-electron chi connectivity index (χ0n) is 12.2. The molecule has 0 N–H and O–H groups in total. The fraction of sp³-hybridized carbons (Fsp3) is 0.467. The van der Waals surface area contributed by atoms with Crippen LogP contribution in [0.25, 0.3) is 0 Å². The molecule has 114 valence electrons. The molecule has 1 heterocycles. The molecule has 2 amide bonds. The Morgan fingerprint density at radius 1 is 1.10 bits per heavy atom. The molecule has 0 aliphatic carbocycles. The van der Waals surface area contributed by atoms with Crippen molar-refractivity contribution in [3.63, 3.8) is 0 Å². The van der Waals surface area contributed by atoms with Gasteiger partial charge in [-0.3, -0.25) is 9.59 Å². The van der Waals surface area contributed by atoms with Gasteiger partial charge in [0.25, 0.3) is 5.91 Å². The molecule has 0 bridgehead atoms. The summed E-state index contributed by atoms with van der Waals surface area (Å²) in [5, 5.41) is 0. The summed E-state index contributed by atoms with van der Waals surface area (Å²) in [6.45, 7) is 4.83. The van der Waals surface area contributed by atoms with E-state index in [2.05, 4.69) is 0 Å². The summed E-state index contributed by atoms with van der Waals surface area (Å²) < 4.78 is 10.8. The zero-order chi connectivity index (χ0) is 15.1. The lowest BCUT2D eigenvalue weighted by molar-refractivity contribution is -0.137. The van der Waals surface area contributed by atoms with E-state index in [0.29, 0.717) is 38.5 Å². The minimum Gasteiger partial charge on any atom is -0.494 e. The summed E-state index contributed by atoms with van der Waals surface area (Å²) in [6, 6.07) is 7.18.